The molecule has 2 aromatic rings. The molecule has 0 radical (unpaired) electrons. The molecule has 0 aliphatic carbocycles. The van der Waals surface area contributed by atoms with Crippen molar-refractivity contribution < 1.29 is 14.3 Å². The van der Waals surface area contributed by atoms with Gasteiger partial charge >= 0.3 is 5.69 Å². The molecule has 2 heterocycles. The van der Waals surface area contributed by atoms with Crippen molar-refractivity contribution >= 4 is 11.6 Å². The summed E-state index contributed by atoms with van der Waals surface area (Å²) in [5, 5.41) is 6.27. The first-order valence-corrected chi connectivity index (χ1v) is 8.61. The van der Waals surface area contributed by atoms with Crippen molar-refractivity contribution in [3.05, 3.63) is 40.6 Å². The van der Waals surface area contributed by atoms with E-state index in [0.29, 0.717) is 31.0 Å². The first-order chi connectivity index (χ1) is 12.4. The number of nitrogens with one attached hydrogen (secondary N) is 2. The number of methoxy groups -OCH3 is 1. The summed E-state index contributed by atoms with van der Waals surface area (Å²) in [5.74, 6) is 0.967. The molecule has 8 nitrogen and oxygen atoms in total. The fourth-order valence-electron chi connectivity index (χ4n) is 3.25. The minimum Gasteiger partial charge on any atom is -0.497 e. The molecule has 1 saturated heterocycles. The Morgan fingerprint density at radius 2 is 2.12 bits per heavy atom. The Bertz CT molecular complexity index is 809. The van der Waals surface area contributed by atoms with E-state index in [9.17, 15) is 9.59 Å². The number of aromatic amines is 2. The SMILES string of the molecule is COc1ccc(N(Cc2n[nH]c(=O)[nH]2)C(=O)[C@@H]2CCOC(C)(C)C2)cc1. The van der Waals surface area contributed by atoms with Gasteiger partial charge in [-0.05, 0) is 51.0 Å². The van der Waals surface area contributed by atoms with Gasteiger partial charge in [0, 0.05) is 18.2 Å². The maximum atomic E-state index is 13.3. The summed E-state index contributed by atoms with van der Waals surface area (Å²) in [6, 6.07) is 7.26. The summed E-state index contributed by atoms with van der Waals surface area (Å²) < 4.78 is 10.9. The minimum atomic E-state index is -0.394. The summed E-state index contributed by atoms with van der Waals surface area (Å²) in [5.41, 5.74) is 0.00317. The lowest BCUT2D eigenvalue weighted by Gasteiger charge is -2.37. The van der Waals surface area contributed by atoms with E-state index < -0.39 is 5.69 Å². The van der Waals surface area contributed by atoms with Crippen molar-refractivity contribution in [3.63, 3.8) is 0 Å². The molecule has 2 N–H and O–H groups in total. The topological polar surface area (TPSA) is 100 Å². The number of carbonyl (C=O) groups excluding carboxylic acids is 1. The van der Waals surface area contributed by atoms with E-state index in [1.54, 1.807) is 24.1 Å². The highest BCUT2D eigenvalue weighted by Crippen LogP contribution is 2.32. The summed E-state index contributed by atoms with van der Waals surface area (Å²) in [6.07, 6.45) is 1.32. The van der Waals surface area contributed by atoms with E-state index in [2.05, 4.69) is 15.2 Å². The van der Waals surface area contributed by atoms with Crippen LogP contribution in [-0.2, 0) is 16.1 Å². The van der Waals surface area contributed by atoms with Crippen LogP contribution in [-0.4, -0.2) is 40.4 Å². The van der Waals surface area contributed by atoms with Gasteiger partial charge in [-0.2, -0.15) is 5.10 Å². The molecule has 1 aromatic carbocycles. The molecular formula is C18H24N4O4. The number of hydrogen-bond donors (Lipinski definition) is 2. The molecule has 1 aromatic heterocycles. The summed E-state index contributed by atoms with van der Waals surface area (Å²) >= 11 is 0. The number of amides is 1. The van der Waals surface area contributed by atoms with E-state index in [4.69, 9.17) is 9.47 Å². The van der Waals surface area contributed by atoms with Gasteiger partial charge in [0.2, 0.25) is 5.91 Å². The first kappa shape index (κ1) is 18.2. The minimum absolute atomic E-state index is 0.00427. The standard InChI is InChI=1S/C18H24N4O4/c1-18(2)10-12(8-9-26-18)16(23)22(11-15-19-17(24)21-20-15)13-4-6-14(25-3)7-5-13/h4-7,12H,8-11H2,1-3H3,(H2,19,20,21,24)/t12-/m1/s1. The average Bonchev–Trinajstić information content (AvgIpc) is 3.03. The van der Waals surface area contributed by atoms with Crippen LogP contribution in [0.4, 0.5) is 5.69 Å². The van der Waals surface area contributed by atoms with E-state index in [0.717, 1.165) is 5.69 Å². The molecule has 8 heteroatoms. The van der Waals surface area contributed by atoms with Crippen LogP contribution in [0.2, 0.25) is 0 Å². The molecule has 1 amide bonds. The summed E-state index contributed by atoms with van der Waals surface area (Å²) in [6.45, 7) is 4.73. The maximum Gasteiger partial charge on any atom is 0.340 e. The monoisotopic (exact) mass is 360 g/mol. The van der Waals surface area contributed by atoms with Gasteiger partial charge in [-0.3, -0.25) is 9.78 Å². The third kappa shape index (κ3) is 4.13. The summed E-state index contributed by atoms with van der Waals surface area (Å²) in [4.78, 5) is 28.9. The molecule has 1 fully saturated rings. The van der Waals surface area contributed by atoms with Gasteiger partial charge in [0.05, 0.1) is 19.3 Å². The van der Waals surface area contributed by atoms with Gasteiger partial charge < -0.3 is 14.4 Å². The van der Waals surface area contributed by atoms with Gasteiger partial charge in [0.1, 0.15) is 5.75 Å². The largest absolute Gasteiger partial charge is 0.497 e. The highest BCUT2D eigenvalue weighted by Gasteiger charge is 2.35. The van der Waals surface area contributed by atoms with E-state index in [1.807, 2.05) is 26.0 Å². The fourth-order valence-corrected chi connectivity index (χ4v) is 3.25. The van der Waals surface area contributed by atoms with Crippen molar-refractivity contribution in [3.8, 4) is 5.75 Å². The third-order valence-electron chi connectivity index (χ3n) is 4.55. The zero-order valence-electron chi connectivity index (χ0n) is 15.2. The highest BCUT2D eigenvalue weighted by molar-refractivity contribution is 5.95. The Morgan fingerprint density at radius 1 is 1.38 bits per heavy atom. The number of H-pyrrole nitrogens is 2. The van der Waals surface area contributed by atoms with Crippen molar-refractivity contribution in [2.45, 2.75) is 38.8 Å². The van der Waals surface area contributed by atoms with Crippen LogP contribution < -0.4 is 15.3 Å². The molecule has 140 valence electrons. The van der Waals surface area contributed by atoms with Crippen LogP contribution in [0.25, 0.3) is 0 Å². The van der Waals surface area contributed by atoms with Crippen molar-refractivity contribution in [2.75, 3.05) is 18.6 Å². The van der Waals surface area contributed by atoms with Gasteiger partial charge in [0.25, 0.3) is 0 Å². The smallest absolute Gasteiger partial charge is 0.340 e. The highest BCUT2D eigenvalue weighted by atomic mass is 16.5. The molecule has 1 aliphatic heterocycles. The van der Waals surface area contributed by atoms with Crippen LogP contribution in [0.1, 0.15) is 32.5 Å². The number of aromatic nitrogens is 3. The number of hydrogen-bond acceptors (Lipinski definition) is 5. The van der Waals surface area contributed by atoms with E-state index >= 15 is 0 Å². The number of nitrogens with zero attached hydrogens (tertiary/aromatic N) is 2. The van der Waals surface area contributed by atoms with E-state index in [-0.39, 0.29) is 24.0 Å². The lowest BCUT2D eigenvalue weighted by Crippen LogP contribution is -2.43. The number of anilines is 1. The van der Waals surface area contributed by atoms with E-state index in [1.165, 1.54) is 0 Å². The van der Waals surface area contributed by atoms with Crippen LogP contribution in [0, 0.1) is 5.92 Å². The fraction of sp³-hybridized carbons (Fsp3) is 0.500. The third-order valence-corrected chi connectivity index (χ3v) is 4.55. The molecule has 1 atom stereocenters. The predicted octanol–water partition coefficient (Wildman–Crippen LogP) is 1.84. The summed E-state index contributed by atoms with van der Waals surface area (Å²) in [7, 11) is 1.59. The van der Waals surface area contributed by atoms with Gasteiger partial charge in [-0.15, -0.1) is 0 Å². The van der Waals surface area contributed by atoms with Crippen LogP contribution in [0.15, 0.2) is 29.1 Å². The second-order valence-electron chi connectivity index (χ2n) is 7.04. The lowest BCUT2D eigenvalue weighted by atomic mass is 9.87. The second-order valence-corrected chi connectivity index (χ2v) is 7.04. The predicted molar refractivity (Wildman–Crippen MR) is 96.1 cm³/mol. The second kappa shape index (κ2) is 7.33. The molecule has 26 heavy (non-hydrogen) atoms. The van der Waals surface area contributed by atoms with Gasteiger partial charge in [-0.1, -0.05) is 0 Å². The molecule has 1 aliphatic rings. The Balaban J connectivity index is 1.88. The van der Waals surface area contributed by atoms with Crippen molar-refractivity contribution in [1.82, 2.24) is 15.2 Å². The Morgan fingerprint density at radius 3 is 2.69 bits per heavy atom. The van der Waals surface area contributed by atoms with Crippen LogP contribution >= 0.6 is 0 Å². The number of rotatable bonds is 5. The Hall–Kier alpha value is -2.61. The number of carbonyl (C=O) groups is 1. The number of benzene rings is 1. The van der Waals surface area contributed by atoms with Crippen molar-refractivity contribution in [1.29, 1.82) is 0 Å². The zero-order valence-corrected chi connectivity index (χ0v) is 15.2. The maximum absolute atomic E-state index is 13.3. The van der Waals surface area contributed by atoms with Gasteiger partial charge in [0.15, 0.2) is 5.82 Å². The lowest BCUT2D eigenvalue weighted by molar-refractivity contribution is -0.132. The molecule has 0 unspecified atom stereocenters. The normalized spacial score (nSPS) is 19.1. The van der Waals surface area contributed by atoms with Crippen molar-refractivity contribution in [2.24, 2.45) is 5.92 Å². The van der Waals surface area contributed by atoms with Crippen LogP contribution in [0.3, 0.4) is 0 Å². The molecular weight excluding hydrogens is 336 g/mol. The molecule has 3 rings (SSSR count). The number of ether oxygens (including phenoxy) is 2. The molecule has 0 spiro atoms. The zero-order chi connectivity index (χ0) is 18.7. The Kier molecular flexibility index (Phi) is 5.13. The molecule has 0 saturated carbocycles. The van der Waals surface area contributed by atoms with Crippen LogP contribution in [0.5, 0.6) is 5.75 Å². The average molecular weight is 360 g/mol. The quantitative estimate of drug-likeness (QED) is 0.847. The van der Waals surface area contributed by atoms with Gasteiger partial charge in [-0.25, -0.2) is 9.89 Å². The Labute approximate surface area is 151 Å². The molecule has 0 bridgehead atoms. The first-order valence-electron chi connectivity index (χ1n) is 8.61.